The first-order valence-electron chi connectivity index (χ1n) is 6.55. The third-order valence-electron chi connectivity index (χ3n) is 3.01. The second-order valence-electron chi connectivity index (χ2n) is 4.14. The van der Waals surface area contributed by atoms with Crippen LogP contribution in [-0.4, -0.2) is 37.7 Å². The molecular formula is C14H23ClN2O. The fourth-order valence-corrected chi connectivity index (χ4v) is 2.13. The van der Waals surface area contributed by atoms with Gasteiger partial charge >= 0.3 is 0 Å². The summed E-state index contributed by atoms with van der Waals surface area (Å²) in [5, 5.41) is 0.667. The fraction of sp³-hybridized carbons (Fsp3) is 0.571. The highest BCUT2D eigenvalue weighted by Crippen LogP contribution is 2.28. The summed E-state index contributed by atoms with van der Waals surface area (Å²) in [6, 6.07) is 5.81. The molecule has 0 fully saturated rings. The zero-order valence-electron chi connectivity index (χ0n) is 11.3. The third kappa shape index (κ3) is 4.48. The zero-order valence-corrected chi connectivity index (χ0v) is 12.0. The molecule has 102 valence electrons. The maximum absolute atomic E-state index is 6.17. The summed E-state index contributed by atoms with van der Waals surface area (Å²) in [7, 11) is 0. The second-order valence-corrected chi connectivity index (χ2v) is 4.55. The maximum atomic E-state index is 6.17. The third-order valence-corrected chi connectivity index (χ3v) is 3.31. The minimum atomic E-state index is 0.604. The van der Waals surface area contributed by atoms with Crippen LogP contribution in [-0.2, 0) is 6.42 Å². The molecule has 0 amide bonds. The monoisotopic (exact) mass is 270 g/mol. The number of para-hydroxylation sites is 1. The van der Waals surface area contributed by atoms with Crippen molar-refractivity contribution in [1.29, 1.82) is 0 Å². The Morgan fingerprint density at radius 2 is 2.00 bits per heavy atom. The van der Waals surface area contributed by atoms with Crippen molar-refractivity contribution < 1.29 is 4.74 Å². The van der Waals surface area contributed by atoms with Crippen LogP contribution >= 0.6 is 11.6 Å². The van der Waals surface area contributed by atoms with E-state index in [4.69, 9.17) is 22.1 Å². The molecule has 0 aliphatic rings. The van der Waals surface area contributed by atoms with Gasteiger partial charge in [0.25, 0.3) is 0 Å². The summed E-state index contributed by atoms with van der Waals surface area (Å²) in [4.78, 5) is 2.32. The normalized spacial score (nSPS) is 10.9. The van der Waals surface area contributed by atoms with Crippen molar-refractivity contribution in [1.82, 2.24) is 4.90 Å². The van der Waals surface area contributed by atoms with E-state index in [1.54, 1.807) is 0 Å². The molecule has 0 bridgehead atoms. The Labute approximate surface area is 115 Å². The molecule has 0 saturated heterocycles. The first kappa shape index (κ1) is 15.3. The van der Waals surface area contributed by atoms with Crippen molar-refractivity contribution in [2.45, 2.75) is 20.3 Å². The zero-order chi connectivity index (χ0) is 13.4. The number of hydrogen-bond donors (Lipinski definition) is 1. The maximum Gasteiger partial charge on any atom is 0.141 e. The Bertz CT molecular complexity index is 354. The predicted molar refractivity (Wildman–Crippen MR) is 77.5 cm³/mol. The molecule has 0 radical (unpaired) electrons. The summed E-state index contributed by atoms with van der Waals surface area (Å²) in [5.41, 5.74) is 6.68. The van der Waals surface area contributed by atoms with Crippen LogP contribution in [0, 0.1) is 0 Å². The lowest BCUT2D eigenvalue weighted by molar-refractivity contribution is 0.222. The van der Waals surface area contributed by atoms with Crippen molar-refractivity contribution in [3.63, 3.8) is 0 Å². The van der Waals surface area contributed by atoms with Crippen LogP contribution in [0.1, 0.15) is 19.4 Å². The smallest absolute Gasteiger partial charge is 0.141 e. The van der Waals surface area contributed by atoms with Crippen molar-refractivity contribution in [2.75, 3.05) is 32.8 Å². The predicted octanol–water partition coefficient (Wildman–Crippen LogP) is 2.56. The molecule has 1 aromatic rings. The number of hydrogen-bond acceptors (Lipinski definition) is 3. The van der Waals surface area contributed by atoms with E-state index >= 15 is 0 Å². The van der Waals surface area contributed by atoms with Gasteiger partial charge in [-0.05, 0) is 37.7 Å². The van der Waals surface area contributed by atoms with Crippen LogP contribution in [0.15, 0.2) is 18.2 Å². The van der Waals surface area contributed by atoms with Crippen molar-refractivity contribution in [2.24, 2.45) is 5.73 Å². The summed E-state index contributed by atoms with van der Waals surface area (Å²) in [5.74, 6) is 0.789. The van der Waals surface area contributed by atoms with Gasteiger partial charge in [-0.1, -0.05) is 37.6 Å². The van der Waals surface area contributed by atoms with Gasteiger partial charge < -0.3 is 15.4 Å². The van der Waals surface area contributed by atoms with E-state index in [-0.39, 0.29) is 0 Å². The van der Waals surface area contributed by atoms with Gasteiger partial charge in [-0.15, -0.1) is 0 Å². The number of halogens is 1. The topological polar surface area (TPSA) is 38.5 Å². The van der Waals surface area contributed by atoms with Crippen LogP contribution in [0.5, 0.6) is 5.75 Å². The van der Waals surface area contributed by atoms with Gasteiger partial charge in [0.15, 0.2) is 0 Å². The van der Waals surface area contributed by atoms with Gasteiger partial charge in [0.2, 0.25) is 0 Å². The van der Waals surface area contributed by atoms with Crippen LogP contribution < -0.4 is 10.5 Å². The van der Waals surface area contributed by atoms with Gasteiger partial charge in [-0.25, -0.2) is 0 Å². The Kier molecular flexibility index (Phi) is 7.09. The molecular weight excluding hydrogens is 248 g/mol. The van der Waals surface area contributed by atoms with Crippen molar-refractivity contribution in [3.05, 3.63) is 28.8 Å². The highest BCUT2D eigenvalue weighted by molar-refractivity contribution is 6.32. The first-order valence-corrected chi connectivity index (χ1v) is 6.93. The van der Waals surface area contributed by atoms with Gasteiger partial charge in [0.1, 0.15) is 12.4 Å². The standard InChI is InChI=1S/C14H23ClN2O/c1-3-17(4-2)10-11-18-14-12(8-9-16)6-5-7-13(14)15/h5-7H,3-4,8-11,16H2,1-2H3. The lowest BCUT2D eigenvalue weighted by Gasteiger charge is -2.19. The number of nitrogens with two attached hydrogens (primary N) is 1. The molecule has 0 unspecified atom stereocenters. The Balaban J connectivity index is 2.60. The molecule has 2 N–H and O–H groups in total. The number of rotatable bonds is 8. The van der Waals surface area contributed by atoms with Gasteiger partial charge in [-0.3, -0.25) is 0 Å². The van der Waals surface area contributed by atoms with Crippen LogP contribution in [0.2, 0.25) is 5.02 Å². The average Bonchev–Trinajstić information content (AvgIpc) is 2.38. The van der Waals surface area contributed by atoms with Crippen LogP contribution in [0.4, 0.5) is 0 Å². The fourth-order valence-electron chi connectivity index (χ4n) is 1.88. The minimum Gasteiger partial charge on any atom is -0.490 e. The Morgan fingerprint density at radius 3 is 2.61 bits per heavy atom. The number of benzene rings is 1. The SMILES string of the molecule is CCN(CC)CCOc1c(Cl)cccc1CCN. The van der Waals surface area contributed by atoms with E-state index in [0.29, 0.717) is 18.2 Å². The van der Waals surface area contributed by atoms with Crippen molar-refractivity contribution >= 4 is 11.6 Å². The molecule has 0 aromatic heterocycles. The van der Waals surface area contributed by atoms with Crippen LogP contribution in [0.3, 0.4) is 0 Å². The second kappa shape index (κ2) is 8.35. The van der Waals surface area contributed by atoms with E-state index in [2.05, 4.69) is 18.7 Å². The first-order chi connectivity index (χ1) is 8.72. The summed E-state index contributed by atoms with van der Waals surface area (Å²) in [6.07, 6.45) is 0.793. The van der Waals surface area contributed by atoms with Gasteiger partial charge in [0, 0.05) is 6.54 Å². The van der Waals surface area contributed by atoms with E-state index in [1.165, 1.54) is 0 Å². The largest absolute Gasteiger partial charge is 0.490 e. The Hall–Kier alpha value is -0.770. The number of ether oxygens (including phenoxy) is 1. The number of likely N-dealkylation sites (N-methyl/N-ethyl adjacent to an activating group) is 1. The highest BCUT2D eigenvalue weighted by atomic mass is 35.5. The molecule has 0 saturated carbocycles. The molecule has 0 atom stereocenters. The average molecular weight is 271 g/mol. The molecule has 0 spiro atoms. The van der Waals surface area contributed by atoms with E-state index in [1.807, 2.05) is 18.2 Å². The number of nitrogens with zero attached hydrogens (tertiary/aromatic N) is 1. The lowest BCUT2D eigenvalue weighted by atomic mass is 10.1. The van der Waals surface area contributed by atoms with Gasteiger partial charge in [0.05, 0.1) is 5.02 Å². The molecule has 0 heterocycles. The molecule has 4 heteroatoms. The summed E-state index contributed by atoms with van der Waals surface area (Å²) in [6.45, 7) is 8.56. The van der Waals surface area contributed by atoms with E-state index < -0.39 is 0 Å². The van der Waals surface area contributed by atoms with Gasteiger partial charge in [-0.2, -0.15) is 0 Å². The molecule has 3 nitrogen and oxygen atoms in total. The minimum absolute atomic E-state index is 0.604. The highest BCUT2D eigenvalue weighted by Gasteiger charge is 2.08. The summed E-state index contributed by atoms with van der Waals surface area (Å²) < 4.78 is 5.83. The molecule has 1 rings (SSSR count). The van der Waals surface area contributed by atoms with Crippen molar-refractivity contribution in [3.8, 4) is 5.75 Å². The lowest BCUT2D eigenvalue weighted by Crippen LogP contribution is -2.28. The van der Waals surface area contributed by atoms with E-state index in [9.17, 15) is 0 Å². The molecule has 1 aromatic carbocycles. The van der Waals surface area contributed by atoms with Crippen LogP contribution in [0.25, 0.3) is 0 Å². The summed E-state index contributed by atoms with van der Waals surface area (Å²) >= 11 is 6.17. The van der Waals surface area contributed by atoms with E-state index in [0.717, 1.165) is 37.4 Å². The molecule has 0 aliphatic heterocycles. The quantitative estimate of drug-likeness (QED) is 0.789. The Morgan fingerprint density at radius 1 is 1.28 bits per heavy atom. The molecule has 18 heavy (non-hydrogen) atoms. The molecule has 0 aliphatic carbocycles.